The monoisotopic (exact) mass is 338 g/mol. The Kier molecular flexibility index (Phi) is 5.38. The second-order valence-corrected chi connectivity index (χ2v) is 7.19. The number of carboxylic acids is 1. The van der Waals surface area contributed by atoms with Crippen LogP contribution in [-0.2, 0) is 19.1 Å². The van der Waals surface area contributed by atoms with Crippen LogP contribution in [0.5, 0.6) is 0 Å². The fraction of sp³-hybridized carbons (Fsp3) is 0.824. The summed E-state index contributed by atoms with van der Waals surface area (Å²) in [5, 5.41) is 12.1. The van der Waals surface area contributed by atoms with Crippen molar-refractivity contribution in [3.05, 3.63) is 0 Å². The molecule has 2 aliphatic heterocycles. The first kappa shape index (κ1) is 17.2. The number of amides is 2. The van der Waals surface area contributed by atoms with Crippen molar-refractivity contribution in [2.75, 3.05) is 19.8 Å². The minimum atomic E-state index is -1.03. The maximum atomic E-state index is 12.5. The van der Waals surface area contributed by atoms with E-state index >= 15 is 0 Å². The number of ether oxygens (including phenoxy) is 1. The van der Waals surface area contributed by atoms with Gasteiger partial charge in [-0.2, -0.15) is 0 Å². The molecule has 3 aliphatic rings. The van der Waals surface area contributed by atoms with Gasteiger partial charge in [0.15, 0.2) is 0 Å². The van der Waals surface area contributed by atoms with Gasteiger partial charge in [0.05, 0.1) is 12.5 Å². The Hall–Kier alpha value is -1.63. The predicted octanol–water partition coefficient (Wildman–Crippen LogP) is 0.773. The van der Waals surface area contributed by atoms with Crippen molar-refractivity contribution in [3.63, 3.8) is 0 Å². The molecule has 3 fully saturated rings. The van der Waals surface area contributed by atoms with Crippen molar-refractivity contribution >= 4 is 17.8 Å². The van der Waals surface area contributed by atoms with Gasteiger partial charge in [-0.1, -0.05) is 12.8 Å². The average Bonchev–Trinajstić information content (AvgIpc) is 3.22. The van der Waals surface area contributed by atoms with E-state index in [-0.39, 0.29) is 30.2 Å². The summed E-state index contributed by atoms with van der Waals surface area (Å²) in [6.45, 7) is 1.42. The Bertz CT molecular complexity index is 497. The van der Waals surface area contributed by atoms with E-state index in [1.54, 1.807) is 0 Å². The Balaban J connectivity index is 1.58. The Morgan fingerprint density at radius 3 is 2.58 bits per heavy atom. The largest absolute Gasteiger partial charge is 0.480 e. The molecule has 7 heteroatoms. The summed E-state index contributed by atoms with van der Waals surface area (Å²) in [5.41, 5.74) is 0. The van der Waals surface area contributed by atoms with Crippen molar-refractivity contribution < 1.29 is 24.2 Å². The zero-order valence-electron chi connectivity index (χ0n) is 13.9. The number of carbonyl (C=O) groups is 3. The molecule has 3 atom stereocenters. The molecule has 1 saturated carbocycles. The molecule has 2 amide bonds. The van der Waals surface area contributed by atoms with E-state index in [1.165, 1.54) is 0 Å². The molecule has 0 aromatic heterocycles. The zero-order chi connectivity index (χ0) is 17.1. The van der Waals surface area contributed by atoms with Gasteiger partial charge in [-0.25, -0.2) is 4.79 Å². The third-order valence-corrected chi connectivity index (χ3v) is 5.53. The lowest BCUT2D eigenvalue weighted by Crippen LogP contribution is -2.50. The van der Waals surface area contributed by atoms with Crippen LogP contribution in [0.1, 0.15) is 44.9 Å². The molecule has 0 bridgehead atoms. The van der Waals surface area contributed by atoms with Crippen LogP contribution in [-0.4, -0.2) is 59.6 Å². The highest BCUT2D eigenvalue weighted by Gasteiger charge is 2.40. The normalized spacial score (nSPS) is 29.7. The van der Waals surface area contributed by atoms with Gasteiger partial charge in [-0.15, -0.1) is 0 Å². The Morgan fingerprint density at radius 1 is 1.21 bits per heavy atom. The fourth-order valence-corrected chi connectivity index (χ4v) is 4.16. The number of nitrogens with one attached hydrogen (secondary N) is 1. The number of carbonyl (C=O) groups excluding carboxylic acids is 2. The molecule has 0 aromatic rings. The topological polar surface area (TPSA) is 95.9 Å². The van der Waals surface area contributed by atoms with Crippen LogP contribution >= 0.6 is 0 Å². The molecule has 2 N–H and O–H groups in total. The van der Waals surface area contributed by atoms with Crippen molar-refractivity contribution in [1.29, 1.82) is 0 Å². The van der Waals surface area contributed by atoms with E-state index in [2.05, 4.69) is 5.32 Å². The molecule has 0 spiro atoms. The Morgan fingerprint density at radius 2 is 1.96 bits per heavy atom. The van der Waals surface area contributed by atoms with Crippen LogP contribution in [0.3, 0.4) is 0 Å². The van der Waals surface area contributed by atoms with Gasteiger partial charge in [0, 0.05) is 31.5 Å². The lowest BCUT2D eigenvalue weighted by molar-refractivity contribution is -0.145. The number of nitrogens with zero attached hydrogens (tertiary/aromatic N) is 1. The fourth-order valence-electron chi connectivity index (χ4n) is 4.16. The third kappa shape index (κ3) is 3.71. The maximum Gasteiger partial charge on any atom is 0.326 e. The molecule has 1 aliphatic carbocycles. The minimum Gasteiger partial charge on any atom is -0.480 e. The maximum absolute atomic E-state index is 12.5. The van der Waals surface area contributed by atoms with Crippen molar-refractivity contribution in [1.82, 2.24) is 10.2 Å². The summed E-state index contributed by atoms with van der Waals surface area (Å²) in [7, 11) is 0. The minimum absolute atomic E-state index is 0.0231. The summed E-state index contributed by atoms with van der Waals surface area (Å²) in [4.78, 5) is 38.1. The predicted molar refractivity (Wildman–Crippen MR) is 85.2 cm³/mol. The molecule has 3 rings (SSSR count). The lowest BCUT2D eigenvalue weighted by atomic mass is 9.93. The van der Waals surface area contributed by atoms with E-state index in [1.807, 2.05) is 4.90 Å². The second-order valence-electron chi connectivity index (χ2n) is 7.19. The van der Waals surface area contributed by atoms with Crippen LogP contribution < -0.4 is 5.32 Å². The van der Waals surface area contributed by atoms with E-state index < -0.39 is 17.9 Å². The van der Waals surface area contributed by atoms with Crippen molar-refractivity contribution in [3.8, 4) is 0 Å². The first-order valence-electron chi connectivity index (χ1n) is 8.96. The number of likely N-dealkylation sites (tertiary alicyclic amines) is 1. The molecule has 0 radical (unpaired) electrons. The standard InChI is InChI=1S/C17H26N2O5/c20-14-8-12(9-19(14)13-5-1-2-6-13)16(21)18-15(17(22)23)11-4-3-7-24-10-11/h11-13,15H,1-10H2,(H,18,21)(H,22,23). The molecule has 7 nitrogen and oxygen atoms in total. The molecule has 2 saturated heterocycles. The summed E-state index contributed by atoms with van der Waals surface area (Å²) in [5.74, 6) is -1.97. The van der Waals surface area contributed by atoms with Gasteiger partial charge in [0.2, 0.25) is 11.8 Å². The number of aliphatic carboxylic acids is 1. The van der Waals surface area contributed by atoms with Crippen LogP contribution in [0, 0.1) is 11.8 Å². The molecular formula is C17H26N2O5. The van der Waals surface area contributed by atoms with Crippen LogP contribution in [0.25, 0.3) is 0 Å². The molecule has 0 aromatic carbocycles. The van der Waals surface area contributed by atoms with E-state index in [0.29, 0.717) is 19.8 Å². The van der Waals surface area contributed by atoms with Gasteiger partial charge in [-0.3, -0.25) is 9.59 Å². The molecule has 2 heterocycles. The van der Waals surface area contributed by atoms with Gasteiger partial charge in [0.1, 0.15) is 6.04 Å². The molecule has 3 unspecified atom stereocenters. The third-order valence-electron chi connectivity index (χ3n) is 5.53. The first-order valence-corrected chi connectivity index (χ1v) is 8.96. The smallest absolute Gasteiger partial charge is 0.326 e. The summed E-state index contributed by atoms with van der Waals surface area (Å²) in [6, 6.07) is -0.675. The highest BCUT2D eigenvalue weighted by molar-refractivity contribution is 5.91. The van der Waals surface area contributed by atoms with Crippen molar-refractivity contribution in [2.24, 2.45) is 11.8 Å². The first-order chi connectivity index (χ1) is 11.6. The number of carboxylic acid groups (broad SMARTS) is 1. The van der Waals surface area contributed by atoms with Crippen LogP contribution in [0.4, 0.5) is 0 Å². The summed E-state index contributed by atoms with van der Waals surface area (Å²) in [6.07, 6.45) is 6.02. The van der Waals surface area contributed by atoms with Crippen LogP contribution in [0.15, 0.2) is 0 Å². The highest BCUT2D eigenvalue weighted by Crippen LogP contribution is 2.29. The summed E-state index contributed by atoms with van der Waals surface area (Å²) < 4.78 is 5.34. The zero-order valence-corrected chi connectivity index (χ0v) is 13.9. The summed E-state index contributed by atoms with van der Waals surface area (Å²) >= 11 is 0. The SMILES string of the molecule is O=C(NC(C(=O)O)C1CCCOC1)C1CC(=O)N(C2CCCC2)C1. The van der Waals surface area contributed by atoms with Crippen molar-refractivity contribution in [2.45, 2.75) is 57.0 Å². The van der Waals surface area contributed by atoms with Crippen LogP contribution in [0.2, 0.25) is 0 Å². The van der Waals surface area contributed by atoms with Gasteiger partial charge in [0.25, 0.3) is 0 Å². The molecular weight excluding hydrogens is 312 g/mol. The molecule has 24 heavy (non-hydrogen) atoms. The number of hydrogen-bond donors (Lipinski definition) is 2. The highest BCUT2D eigenvalue weighted by atomic mass is 16.5. The second kappa shape index (κ2) is 7.51. The van der Waals surface area contributed by atoms with Gasteiger partial charge >= 0.3 is 5.97 Å². The average molecular weight is 338 g/mol. The molecule has 134 valence electrons. The van der Waals surface area contributed by atoms with E-state index in [4.69, 9.17) is 4.74 Å². The van der Waals surface area contributed by atoms with E-state index in [9.17, 15) is 19.5 Å². The van der Waals surface area contributed by atoms with Gasteiger partial charge < -0.3 is 20.1 Å². The Labute approximate surface area is 141 Å². The van der Waals surface area contributed by atoms with E-state index in [0.717, 1.165) is 38.5 Å². The number of rotatable bonds is 5. The quantitative estimate of drug-likeness (QED) is 0.772. The number of hydrogen-bond acceptors (Lipinski definition) is 4. The van der Waals surface area contributed by atoms with Gasteiger partial charge in [-0.05, 0) is 25.7 Å². The lowest BCUT2D eigenvalue weighted by Gasteiger charge is -2.29.